The molecule has 0 amide bonds. The van der Waals surface area contributed by atoms with Crippen molar-refractivity contribution in [2.24, 2.45) is 17.3 Å². The molecule has 0 radical (unpaired) electrons. The van der Waals surface area contributed by atoms with Crippen molar-refractivity contribution in [1.82, 2.24) is 5.32 Å². The lowest BCUT2D eigenvalue weighted by atomic mass is 9.63. The molecule has 4 nitrogen and oxygen atoms in total. The molecule has 0 saturated heterocycles. The van der Waals surface area contributed by atoms with Crippen LogP contribution in [-0.4, -0.2) is 23.2 Å². The number of carbonyl (C=O) groups excluding carboxylic acids is 2. The van der Waals surface area contributed by atoms with E-state index in [2.05, 4.69) is 52.9 Å². The first-order chi connectivity index (χ1) is 14.1. The molecule has 0 aromatic rings. The standard InChI is InChI=1S/C26H41NO3/c1-7-9-11-12-18-22(27-15-10-8-2)24(29)21(25(30)23(18)28)19-16-17(3)13-14-20(19)26(4,5)6/h16,19-20,27,30H,7-15H2,1-6H3/t19-,20?/m1/s1. The van der Waals surface area contributed by atoms with E-state index in [1.54, 1.807) is 0 Å². The lowest BCUT2D eigenvalue weighted by Gasteiger charge is -2.40. The number of nitrogens with one attached hydrogen (secondary N) is 1. The summed E-state index contributed by atoms with van der Waals surface area (Å²) < 4.78 is 0. The van der Waals surface area contributed by atoms with Gasteiger partial charge in [0.1, 0.15) is 0 Å². The van der Waals surface area contributed by atoms with E-state index in [0.29, 0.717) is 29.8 Å². The number of carbonyl (C=O) groups is 2. The summed E-state index contributed by atoms with van der Waals surface area (Å²) in [5, 5.41) is 14.2. The average Bonchev–Trinajstić information content (AvgIpc) is 2.67. The number of aliphatic hydroxyl groups excluding tert-OH is 1. The van der Waals surface area contributed by atoms with Gasteiger partial charge in [-0.25, -0.2) is 0 Å². The van der Waals surface area contributed by atoms with Crippen LogP contribution in [0.2, 0.25) is 0 Å². The second-order valence-corrected chi connectivity index (χ2v) is 10.1. The Hall–Kier alpha value is -1.84. The Bertz CT molecular complexity index is 749. The first-order valence-corrected chi connectivity index (χ1v) is 11.8. The molecule has 0 heterocycles. The van der Waals surface area contributed by atoms with Gasteiger partial charge < -0.3 is 10.4 Å². The van der Waals surface area contributed by atoms with Crippen molar-refractivity contribution in [2.45, 2.75) is 92.9 Å². The topological polar surface area (TPSA) is 66.4 Å². The molecular formula is C26H41NO3. The van der Waals surface area contributed by atoms with Crippen molar-refractivity contribution in [3.8, 4) is 0 Å². The van der Waals surface area contributed by atoms with Crippen molar-refractivity contribution in [3.05, 3.63) is 34.3 Å². The molecule has 2 N–H and O–H groups in total. The van der Waals surface area contributed by atoms with Crippen molar-refractivity contribution < 1.29 is 14.7 Å². The zero-order valence-corrected chi connectivity index (χ0v) is 19.9. The SMILES string of the molecule is CCCCCC1=C(NCCCC)C(=O)C([C@@H]2C=C(C)CCC2C(C)(C)C)=C(O)C1=O. The number of aliphatic hydroxyl groups is 1. The van der Waals surface area contributed by atoms with Crippen molar-refractivity contribution >= 4 is 11.6 Å². The quantitative estimate of drug-likeness (QED) is 0.267. The summed E-state index contributed by atoms with van der Waals surface area (Å²) in [5.74, 6) is -0.884. The van der Waals surface area contributed by atoms with Crippen LogP contribution in [0.4, 0.5) is 0 Å². The van der Waals surface area contributed by atoms with Crippen molar-refractivity contribution in [2.75, 3.05) is 6.54 Å². The van der Waals surface area contributed by atoms with E-state index in [0.717, 1.165) is 44.9 Å². The normalized spacial score (nSPS) is 23.2. The van der Waals surface area contributed by atoms with Gasteiger partial charge in [0.2, 0.25) is 11.6 Å². The van der Waals surface area contributed by atoms with Crippen LogP contribution >= 0.6 is 0 Å². The minimum absolute atomic E-state index is 0.0284. The Balaban J connectivity index is 2.49. The Morgan fingerprint density at radius 1 is 1.07 bits per heavy atom. The summed E-state index contributed by atoms with van der Waals surface area (Å²) in [6.07, 6.45) is 9.44. The van der Waals surface area contributed by atoms with Gasteiger partial charge in [-0.05, 0) is 50.4 Å². The summed E-state index contributed by atoms with van der Waals surface area (Å²) in [4.78, 5) is 26.9. The molecule has 0 aromatic carbocycles. The molecule has 0 fully saturated rings. The zero-order chi connectivity index (χ0) is 22.5. The molecular weight excluding hydrogens is 374 g/mol. The fourth-order valence-electron chi connectivity index (χ4n) is 4.76. The molecule has 4 heteroatoms. The van der Waals surface area contributed by atoms with Crippen LogP contribution in [0, 0.1) is 17.3 Å². The first-order valence-electron chi connectivity index (χ1n) is 11.8. The Labute approximate surface area is 182 Å². The van der Waals surface area contributed by atoms with Crippen molar-refractivity contribution in [3.63, 3.8) is 0 Å². The molecule has 2 rings (SSSR count). The minimum atomic E-state index is -0.357. The van der Waals surface area contributed by atoms with E-state index < -0.39 is 0 Å². The van der Waals surface area contributed by atoms with Crippen LogP contribution < -0.4 is 5.32 Å². The summed E-state index contributed by atoms with van der Waals surface area (Å²) in [6, 6.07) is 0. The number of unbranched alkanes of at least 4 members (excludes halogenated alkanes) is 3. The zero-order valence-electron chi connectivity index (χ0n) is 19.9. The van der Waals surface area contributed by atoms with Crippen LogP contribution in [0.5, 0.6) is 0 Å². The Kier molecular flexibility index (Phi) is 8.52. The molecule has 0 aliphatic heterocycles. The molecule has 2 atom stereocenters. The van der Waals surface area contributed by atoms with Crippen LogP contribution in [0.15, 0.2) is 34.3 Å². The lowest BCUT2D eigenvalue weighted by Crippen LogP contribution is -2.39. The molecule has 0 spiro atoms. The predicted molar refractivity (Wildman–Crippen MR) is 123 cm³/mol. The maximum atomic E-state index is 13.7. The highest BCUT2D eigenvalue weighted by molar-refractivity contribution is 6.24. The van der Waals surface area contributed by atoms with Gasteiger partial charge in [-0.1, -0.05) is 65.5 Å². The van der Waals surface area contributed by atoms with Gasteiger partial charge in [0.05, 0.1) is 11.3 Å². The molecule has 0 saturated carbocycles. The second-order valence-electron chi connectivity index (χ2n) is 10.1. The van der Waals surface area contributed by atoms with Gasteiger partial charge >= 0.3 is 0 Å². The largest absolute Gasteiger partial charge is 0.504 e. The van der Waals surface area contributed by atoms with E-state index in [9.17, 15) is 14.7 Å². The molecule has 30 heavy (non-hydrogen) atoms. The van der Waals surface area contributed by atoms with E-state index in [4.69, 9.17) is 0 Å². The number of ketones is 2. The molecule has 2 aliphatic rings. The van der Waals surface area contributed by atoms with E-state index >= 15 is 0 Å². The third kappa shape index (κ3) is 5.44. The number of hydrogen-bond acceptors (Lipinski definition) is 4. The minimum Gasteiger partial charge on any atom is -0.504 e. The van der Waals surface area contributed by atoms with Crippen LogP contribution in [-0.2, 0) is 9.59 Å². The van der Waals surface area contributed by atoms with Gasteiger partial charge in [0.15, 0.2) is 5.76 Å². The Morgan fingerprint density at radius 3 is 2.33 bits per heavy atom. The fourth-order valence-corrected chi connectivity index (χ4v) is 4.76. The van der Waals surface area contributed by atoms with Crippen LogP contribution in [0.3, 0.4) is 0 Å². The molecule has 1 unspecified atom stereocenters. The smallest absolute Gasteiger partial charge is 0.225 e. The van der Waals surface area contributed by atoms with E-state index in [1.165, 1.54) is 5.57 Å². The summed E-state index contributed by atoms with van der Waals surface area (Å²) in [5.41, 5.74) is 2.40. The summed E-state index contributed by atoms with van der Waals surface area (Å²) in [6.45, 7) is 13.5. The lowest BCUT2D eigenvalue weighted by molar-refractivity contribution is -0.119. The highest BCUT2D eigenvalue weighted by Crippen LogP contribution is 2.46. The third-order valence-corrected chi connectivity index (χ3v) is 6.57. The maximum absolute atomic E-state index is 13.7. The summed E-state index contributed by atoms with van der Waals surface area (Å²) in [7, 11) is 0. The van der Waals surface area contributed by atoms with Crippen LogP contribution in [0.1, 0.15) is 92.9 Å². The first kappa shape index (κ1) is 24.4. The van der Waals surface area contributed by atoms with Gasteiger partial charge in [-0.2, -0.15) is 0 Å². The second kappa shape index (κ2) is 10.5. The Morgan fingerprint density at radius 2 is 1.73 bits per heavy atom. The molecule has 2 aliphatic carbocycles. The molecule has 0 aromatic heterocycles. The number of Topliss-reactive ketones (excluding diaryl/α,β-unsaturated/α-hetero) is 2. The fraction of sp³-hybridized carbons (Fsp3) is 0.692. The summed E-state index contributed by atoms with van der Waals surface area (Å²) >= 11 is 0. The van der Waals surface area contributed by atoms with E-state index in [-0.39, 0.29) is 34.6 Å². The number of allylic oxidation sites excluding steroid dienone is 4. The van der Waals surface area contributed by atoms with E-state index in [1.807, 2.05) is 0 Å². The maximum Gasteiger partial charge on any atom is 0.225 e. The van der Waals surface area contributed by atoms with Gasteiger partial charge in [0, 0.05) is 18.0 Å². The average molecular weight is 416 g/mol. The van der Waals surface area contributed by atoms with Crippen LogP contribution in [0.25, 0.3) is 0 Å². The molecule has 168 valence electrons. The number of hydrogen-bond donors (Lipinski definition) is 2. The van der Waals surface area contributed by atoms with Gasteiger partial charge in [-0.15, -0.1) is 0 Å². The monoisotopic (exact) mass is 415 g/mol. The third-order valence-electron chi connectivity index (χ3n) is 6.57. The molecule has 0 bridgehead atoms. The van der Waals surface area contributed by atoms with Gasteiger partial charge in [-0.3, -0.25) is 9.59 Å². The van der Waals surface area contributed by atoms with Gasteiger partial charge in [0.25, 0.3) is 0 Å². The highest BCUT2D eigenvalue weighted by Gasteiger charge is 2.43. The van der Waals surface area contributed by atoms with Crippen molar-refractivity contribution in [1.29, 1.82) is 0 Å². The number of rotatable bonds is 9. The predicted octanol–water partition coefficient (Wildman–Crippen LogP) is 6.19. The highest BCUT2D eigenvalue weighted by atomic mass is 16.3.